The summed E-state index contributed by atoms with van der Waals surface area (Å²) in [7, 11) is 3.03. The van der Waals surface area contributed by atoms with Crippen LogP contribution in [0, 0.1) is 5.92 Å². The number of carbonyl (C=O) groups excluding carboxylic acids is 5. The molecule has 0 fully saturated rings. The molecule has 0 saturated carbocycles. The molecule has 0 aliphatic rings. The van der Waals surface area contributed by atoms with Crippen molar-refractivity contribution in [3.05, 3.63) is 65.9 Å². The van der Waals surface area contributed by atoms with Crippen LogP contribution in [0.2, 0.25) is 0 Å². The normalized spacial score (nSPS) is 13.5. The fraction of sp³-hybridized carbons (Fsp3) is 0.387. The highest BCUT2D eigenvalue weighted by atomic mass is 32.2. The van der Waals surface area contributed by atoms with Crippen LogP contribution in [0.3, 0.4) is 0 Å². The van der Waals surface area contributed by atoms with Crippen LogP contribution in [0.1, 0.15) is 31.4 Å². The number of hydrogen-bond donors (Lipinski definition) is 7. The van der Waals surface area contributed by atoms with Crippen LogP contribution in [0.15, 0.2) is 54.7 Å². The second-order valence-electron chi connectivity index (χ2n) is 10.5. The molecule has 0 unspecified atom stereocenters. The number of benzene rings is 2. The van der Waals surface area contributed by atoms with Crippen LogP contribution in [0.25, 0.3) is 10.9 Å². The topological polar surface area (TPSA) is 191 Å². The Hall–Kier alpha value is -4.56. The lowest BCUT2D eigenvalue weighted by atomic mass is 10.0. The maximum atomic E-state index is 13.6. The third kappa shape index (κ3) is 10.3. The van der Waals surface area contributed by atoms with Crippen LogP contribution in [-0.2, 0) is 36.1 Å². The average Bonchev–Trinajstić information content (AvgIpc) is 3.46. The van der Waals surface area contributed by atoms with E-state index < -0.39 is 53.6 Å². The van der Waals surface area contributed by atoms with E-state index in [1.807, 2.05) is 48.5 Å². The number of fused-ring (bicyclic) bond motifs is 1. The summed E-state index contributed by atoms with van der Waals surface area (Å²) in [4.78, 5) is 66.9. The maximum absolute atomic E-state index is 13.6. The van der Waals surface area contributed by atoms with E-state index in [-0.39, 0.29) is 18.6 Å². The van der Waals surface area contributed by atoms with Crippen molar-refractivity contribution >= 4 is 52.2 Å². The van der Waals surface area contributed by atoms with E-state index in [9.17, 15) is 24.0 Å². The van der Waals surface area contributed by atoms with Gasteiger partial charge in [0, 0.05) is 48.5 Å². The van der Waals surface area contributed by atoms with Gasteiger partial charge < -0.3 is 31.0 Å². The van der Waals surface area contributed by atoms with Gasteiger partial charge in [-0.05, 0) is 43.2 Å². The Kier molecular flexibility index (Phi) is 13.2. The van der Waals surface area contributed by atoms with Crippen molar-refractivity contribution in [2.45, 2.75) is 50.6 Å². The summed E-state index contributed by atoms with van der Waals surface area (Å²) in [6.45, 7) is 2.99. The molecule has 0 spiro atoms. The van der Waals surface area contributed by atoms with Gasteiger partial charge in [-0.25, -0.2) is 5.48 Å². The highest BCUT2D eigenvalue weighted by molar-refractivity contribution is 7.98. The number of aromatic amines is 1. The monoisotopic (exact) mass is 640 g/mol. The van der Waals surface area contributed by atoms with Gasteiger partial charge in [0.1, 0.15) is 23.9 Å². The summed E-state index contributed by atoms with van der Waals surface area (Å²) in [6.07, 6.45) is 1.53. The zero-order valence-electron chi connectivity index (χ0n) is 25.6. The van der Waals surface area contributed by atoms with E-state index in [2.05, 4.69) is 26.3 Å². The van der Waals surface area contributed by atoms with Crippen molar-refractivity contribution in [3.8, 4) is 5.75 Å². The van der Waals surface area contributed by atoms with Crippen LogP contribution >= 0.6 is 11.8 Å². The van der Waals surface area contributed by atoms with Crippen molar-refractivity contribution in [1.82, 2.24) is 31.7 Å². The summed E-state index contributed by atoms with van der Waals surface area (Å²) in [5.74, 6) is -2.30. The first-order chi connectivity index (χ1) is 21.6. The number of likely N-dealkylation sites (N-methyl/N-ethyl adjacent to an activating group) is 1. The molecular weight excluding hydrogens is 600 g/mol. The molecule has 7 N–H and O–H groups in total. The van der Waals surface area contributed by atoms with Gasteiger partial charge in [0.25, 0.3) is 0 Å². The average molecular weight is 641 g/mol. The van der Waals surface area contributed by atoms with Crippen LogP contribution < -0.4 is 31.5 Å². The van der Waals surface area contributed by atoms with E-state index in [1.165, 1.54) is 32.7 Å². The molecule has 1 aromatic heterocycles. The molecule has 1 heterocycles. The zero-order valence-corrected chi connectivity index (χ0v) is 26.5. The van der Waals surface area contributed by atoms with Gasteiger partial charge in [0.2, 0.25) is 29.5 Å². The minimum Gasteiger partial charge on any atom is -0.497 e. The number of amides is 5. The van der Waals surface area contributed by atoms with Gasteiger partial charge >= 0.3 is 0 Å². The van der Waals surface area contributed by atoms with E-state index in [0.29, 0.717) is 11.5 Å². The number of hydrogen-bond acceptors (Lipinski definition) is 8. The molecule has 4 atom stereocenters. The minimum absolute atomic E-state index is 0.0858. The number of hydroxylamine groups is 1. The number of H-pyrrole nitrogens is 1. The molecule has 13 nitrogen and oxygen atoms in total. The fourth-order valence-corrected chi connectivity index (χ4v) is 5.66. The summed E-state index contributed by atoms with van der Waals surface area (Å²) in [6, 6.07) is 12.0. The Balaban J connectivity index is 1.77. The predicted octanol–water partition coefficient (Wildman–Crippen LogP) is 1.40. The van der Waals surface area contributed by atoms with Gasteiger partial charge in [-0.3, -0.25) is 29.2 Å². The van der Waals surface area contributed by atoms with Crippen LogP contribution in [0.5, 0.6) is 5.75 Å². The number of rotatable bonds is 16. The van der Waals surface area contributed by atoms with Crippen molar-refractivity contribution in [2.75, 3.05) is 19.9 Å². The quantitative estimate of drug-likeness (QED) is 0.0903. The molecule has 45 heavy (non-hydrogen) atoms. The predicted molar refractivity (Wildman–Crippen MR) is 170 cm³/mol. The van der Waals surface area contributed by atoms with Gasteiger partial charge in [0.05, 0.1) is 13.0 Å². The van der Waals surface area contributed by atoms with Crippen LogP contribution in [-0.4, -0.2) is 77.8 Å². The zero-order chi connectivity index (χ0) is 32.9. The second-order valence-corrected chi connectivity index (χ2v) is 11.5. The first-order valence-corrected chi connectivity index (χ1v) is 15.5. The van der Waals surface area contributed by atoms with Crippen molar-refractivity contribution in [3.63, 3.8) is 0 Å². The molecule has 2 aromatic carbocycles. The van der Waals surface area contributed by atoms with E-state index in [4.69, 9.17) is 9.94 Å². The molecule has 0 radical (unpaired) electrons. The summed E-state index contributed by atoms with van der Waals surface area (Å²) in [5.41, 5.74) is 4.17. The fourth-order valence-electron chi connectivity index (χ4n) is 4.56. The third-order valence-corrected chi connectivity index (χ3v) is 8.33. The molecule has 0 aliphatic carbocycles. The minimum atomic E-state index is -1.12. The van der Waals surface area contributed by atoms with Crippen molar-refractivity contribution < 1.29 is 33.9 Å². The molecule has 0 aliphatic heterocycles. The Morgan fingerprint density at radius 3 is 2.22 bits per heavy atom. The third-order valence-electron chi connectivity index (χ3n) is 7.16. The standard InChI is InChI=1S/C31H40N6O7S/c1-18(28(39)32-3)34-29(40)19(2)35-31(42)26(13-21-15-33-25-8-6-5-7-24(21)25)36-30(41)22(14-27(38)37-43)17-45-16-20-9-11-23(44-4)12-10-20/h5-12,15,18-19,22,26,33,43H,13-14,16-17H2,1-4H3,(H,32,39)(H,34,40)(H,35,42)(H,36,41)(H,37,38)/t18-,19-,22-,26-/m0/s1. The molecule has 0 saturated heterocycles. The number of ether oxygens (including phenoxy) is 1. The first-order valence-electron chi connectivity index (χ1n) is 14.4. The summed E-state index contributed by atoms with van der Waals surface area (Å²) in [5, 5.41) is 20.4. The number of methoxy groups -OCH3 is 1. The molecule has 242 valence electrons. The largest absolute Gasteiger partial charge is 0.497 e. The number of para-hydroxylation sites is 1. The highest BCUT2D eigenvalue weighted by Gasteiger charge is 2.30. The van der Waals surface area contributed by atoms with E-state index >= 15 is 0 Å². The Labute approximate surface area is 265 Å². The SMILES string of the molecule is CNC(=O)[C@H](C)NC(=O)[C@H](C)NC(=O)[C@H](Cc1c[nH]c2ccccc12)NC(=O)[C@H](CSCc1ccc(OC)cc1)CC(=O)NO. The highest BCUT2D eigenvalue weighted by Crippen LogP contribution is 2.22. The molecule has 14 heteroatoms. The number of thioether (sulfide) groups is 1. The molecule has 3 aromatic rings. The lowest BCUT2D eigenvalue weighted by Gasteiger charge is -2.24. The van der Waals surface area contributed by atoms with Crippen LogP contribution in [0.4, 0.5) is 0 Å². The van der Waals surface area contributed by atoms with E-state index in [1.54, 1.807) is 18.8 Å². The lowest BCUT2D eigenvalue weighted by Crippen LogP contribution is -2.56. The summed E-state index contributed by atoms with van der Waals surface area (Å²) < 4.78 is 5.18. The Morgan fingerprint density at radius 1 is 0.889 bits per heavy atom. The Bertz CT molecular complexity index is 1480. The van der Waals surface area contributed by atoms with Gasteiger partial charge in [-0.1, -0.05) is 30.3 Å². The second kappa shape index (κ2) is 17.1. The molecule has 0 bridgehead atoms. The number of carbonyl (C=O) groups is 5. The lowest BCUT2D eigenvalue weighted by molar-refractivity contribution is -0.136. The van der Waals surface area contributed by atoms with Gasteiger partial charge in [-0.2, -0.15) is 11.8 Å². The molecular formula is C31H40N6O7S. The number of nitrogens with one attached hydrogen (secondary N) is 6. The number of aromatic nitrogens is 1. The van der Waals surface area contributed by atoms with Gasteiger partial charge in [0.15, 0.2) is 0 Å². The van der Waals surface area contributed by atoms with E-state index in [0.717, 1.165) is 22.0 Å². The Morgan fingerprint density at radius 2 is 1.56 bits per heavy atom. The van der Waals surface area contributed by atoms with Gasteiger partial charge in [-0.15, -0.1) is 0 Å². The smallest absolute Gasteiger partial charge is 0.244 e. The first kappa shape index (κ1) is 34.9. The summed E-state index contributed by atoms with van der Waals surface area (Å²) >= 11 is 1.42. The van der Waals surface area contributed by atoms with Crippen molar-refractivity contribution in [2.24, 2.45) is 5.92 Å². The van der Waals surface area contributed by atoms with Crippen molar-refractivity contribution in [1.29, 1.82) is 0 Å². The molecule has 5 amide bonds. The molecule has 3 rings (SSSR count). The maximum Gasteiger partial charge on any atom is 0.244 e.